The largest absolute Gasteiger partial charge is 0.446 e. The van der Waals surface area contributed by atoms with E-state index < -0.39 is 0 Å². The Kier molecular flexibility index (Phi) is 2.30. The van der Waals surface area contributed by atoms with Crippen molar-refractivity contribution in [3.05, 3.63) is 40.9 Å². The Labute approximate surface area is 87.5 Å². The van der Waals surface area contributed by atoms with Crippen LogP contribution in [0.2, 0.25) is 5.02 Å². The summed E-state index contributed by atoms with van der Waals surface area (Å²) < 4.78 is 5.35. The molecule has 0 bridgehead atoms. The molecule has 0 atom stereocenters. The van der Waals surface area contributed by atoms with Crippen molar-refractivity contribution in [3.8, 4) is 11.3 Å². The van der Waals surface area contributed by atoms with Gasteiger partial charge in [-0.1, -0.05) is 23.7 Å². The summed E-state index contributed by atoms with van der Waals surface area (Å²) in [5, 5.41) is 0.711. The van der Waals surface area contributed by atoms with Gasteiger partial charge in [0, 0.05) is 17.5 Å². The van der Waals surface area contributed by atoms with Crippen LogP contribution in [0.4, 0.5) is 0 Å². The van der Waals surface area contributed by atoms with Crippen molar-refractivity contribution in [2.24, 2.45) is 0 Å². The molecule has 0 N–H and O–H groups in total. The lowest BCUT2D eigenvalue weighted by atomic mass is 10.1. The van der Waals surface area contributed by atoms with Crippen molar-refractivity contribution in [1.29, 1.82) is 0 Å². The number of halogens is 1. The molecule has 0 aliphatic carbocycles. The van der Waals surface area contributed by atoms with Gasteiger partial charge in [0.15, 0.2) is 5.89 Å². The summed E-state index contributed by atoms with van der Waals surface area (Å²) in [7, 11) is 0. The van der Waals surface area contributed by atoms with E-state index >= 15 is 0 Å². The summed E-state index contributed by atoms with van der Waals surface area (Å²) >= 11 is 5.90. The molecule has 14 heavy (non-hydrogen) atoms. The minimum absolute atomic E-state index is 0.678. The molecule has 1 aromatic carbocycles. The van der Waals surface area contributed by atoms with Crippen LogP contribution in [0.5, 0.6) is 0 Å². The average Bonchev–Trinajstić information content (AvgIpc) is 2.45. The van der Waals surface area contributed by atoms with Gasteiger partial charge in [0.05, 0.1) is 0 Å². The number of oxazole rings is 1. The Bertz CT molecular complexity index is 462. The van der Waals surface area contributed by atoms with Gasteiger partial charge in [0.25, 0.3) is 0 Å². The molecule has 1 aromatic heterocycles. The maximum absolute atomic E-state index is 5.90. The highest BCUT2D eigenvalue weighted by Gasteiger charge is 2.08. The van der Waals surface area contributed by atoms with E-state index in [1.54, 1.807) is 0 Å². The van der Waals surface area contributed by atoms with Gasteiger partial charge in [0.1, 0.15) is 11.5 Å². The highest BCUT2D eigenvalue weighted by atomic mass is 35.5. The fraction of sp³-hybridized carbons (Fsp3) is 0.182. The third-order valence-electron chi connectivity index (χ3n) is 2.00. The molecule has 0 unspecified atom stereocenters. The zero-order chi connectivity index (χ0) is 10.1. The lowest BCUT2D eigenvalue weighted by molar-refractivity contribution is 0.495. The monoisotopic (exact) mass is 207 g/mol. The number of rotatable bonds is 1. The Morgan fingerprint density at radius 3 is 2.64 bits per heavy atom. The highest BCUT2D eigenvalue weighted by Crippen LogP contribution is 2.25. The van der Waals surface area contributed by atoms with E-state index in [0.29, 0.717) is 10.9 Å². The van der Waals surface area contributed by atoms with Gasteiger partial charge in [-0.3, -0.25) is 0 Å². The van der Waals surface area contributed by atoms with Gasteiger partial charge in [-0.05, 0) is 19.1 Å². The van der Waals surface area contributed by atoms with E-state index in [9.17, 15) is 0 Å². The van der Waals surface area contributed by atoms with Crippen LogP contribution >= 0.6 is 11.6 Å². The highest BCUT2D eigenvalue weighted by molar-refractivity contribution is 6.30. The molecule has 2 nitrogen and oxygen atoms in total. The summed E-state index contributed by atoms with van der Waals surface area (Å²) in [5.41, 5.74) is 1.86. The van der Waals surface area contributed by atoms with Crippen LogP contribution in [-0.2, 0) is 0 Å². The first-order valence-electron chi connectivity index (χ1n) is 4.37. The first kappa shape index (κ1) is 9.28. The Morgan fingerprint density at radius 2 is 2.07 bits per heavy atom. The van der Waals surface area contributed by atoms with Crippen LogP contribution in [0.15, 0.2) is 28.7 Å². The van der Waals surface area contributed by atoms with E-state index in [1.165, 1.54) is 0 Å². The van der Waals surface area contributed by atoms with Crippen LogP contribution < -0.4 is 0 Å². The van der Waals surface area contributed by atoms with Crippen LogP contribution in [0.25, 0.3) is 11.3 Å². The zero-order valence-electron chi connectivity index (χ0n) is 8.04. The predicted octanol–water partition coefficient (Wildman–Crippen LogP) is 3.61. The molecule has 0 spiro atoms. The molecule has 72 valence electrons. The number of hydrogen-bond acceptors (Lipinski definition) is 2. The summed E-state index contributed by atoms with van der Waals surface area (Å²) in [5.74, 6) is 1.50. The molecule has 0 saturated heterocycles. The maximum atomic E-state index is 5.90. The molecule has 0 fully saturated rings. The van der Waals surface area contributed by atoms with E-state index in [2.05, 4.69) is 4.98 Å². The summed E-state index contributed by atoms with van der Waals surface area (Å²) in [6, 6.07) is 7.59. The molecule has 0 aliphatic heterocycles. The minimum Gasteiger partial charge on any atom is -0.446 e. The van der Waals surface area contributed by atoms with Gasteiger partial charge in [-0.2, -0.15) is 0 Å². The van der Waals surface area contributed by atoms with Gasteiger partial charge in [0.2, 0.25) is 0 Å². The Hall–Kier alpha value is -1.28. The molecule has 0 saturated carbocycles. The summed E-state index contributed by atoms with van der Waals surface area (Å²) in [6.07, 6.45) is 0. The maximum Gasteiger partial charge on any atom is 0.191 e. The fourth-order valence-corrected chi connectivity index (χ4v) is 1.62. The fourth-order valence-electron chi connectivity index (χ4n) is 1.43. The van der Waals surface area contributed by atoms with E-state index in [4.69, 9.17) is 16.0 Å². The van der Waals surface area contributed by atoms with Gasteiger partial charge in [-0.25, -0.2) is 4.98 Å². The SMILES string of the molecule is Cc1nc(-c2cccc(Cl)c2)c(C)o1. The molecule has 0 amide bonds. The Morgan fingerprint density at radius 1 is 1.29 bits per heavy atom. The predicted molar refractivity (Wildman–Crippen MR) is 56.4 cm³/mol. The molecule has 2 rings (SSSR count). The van der Waals surface area contributed by atoms with Crippen LogP contribution in [0.1, 0.15) is 11.7 Å². The first-order valence-corrected chi connectivity index (χ1v) is 4.74. The van der Waals surface area contributed by atoms with Crippen molar-refractivity contribution in [2.75, 3.05) is 0 Å². The molecular formula is C11H10ClNO. The average molecular weight is 208 g/mol. The first-order chi connectivity index (χ1) is 6.66. The van der Waals surface area contributed by atoms with E-state index in [-0.39, 0.29) is 0 Å². The molecular weight excluding hydrogens is 198 g/mol. The molecule has 3 heteroatoms. The second-order valence-electron chi connectivity index (χ2n) is 3.15. The van der Waals surface area contributed by atoms with Crippen molar-refractivity contribution in [2.45, 2.75) is 13.8 Å². The van der Waals surface area contributed by atoms with Crippen LogP contribution in [0.3, 0.4) is 0 Å². The van der Waals surface area contributed by atoms with Crippen molar-refractivity contribution >= 4 is 11.6 Å². The smallest absolute Gasteiger partial charge is 0.191 e. The third-order valence-corrected chi connectivity index (χ3v) is 2.24. The van der Waals surface area contributed by atoms with Gasteiger partial charge in [-0.15, -0.1) is 0 Å². The second kappa shape index (κ2) is 3.46. The molecule has 0 aliphatic rings. The molecule has 2 aromatic rings. The summed E-state index contributed by atoms with van der Waals surface area (Å²) in [6.45, 7) is 3.73. The number of hydrogen-bond donors (Lipinski definition) is 0. The van der Waals surface area contributed by atoms with Crippen molar-refractivity contribution < 1.29 is 4.42 Å². The van der Waals surface area contributed by atoms with E-state index in [1.807, 2.05) is 38.1 Å². The minimum atomic E-state index is 0.678. The van der Waals surface area contributed by atoms with Crippen molar-refractivity contribution in [1.82, 2.24) is 4.98 Å². The summed E-state index contributed by atoms with van der Waals surface area (Å²) in [4.78, 5) is 4.30. The standard InChI is InChI=1S/C11H10ClNO/c1-7-11(13-8(2)14-7)9-4-3-5-10(12)6-9/h3-6H,1-2H3. The number of aromatic nitrogens is 1. The Balaban J connectivity index is 2.54. The number of aryl methyl sites for hydroxylation is 2. The van der Waals surface area contributed by atoms with Crippen LogP contribution in [0, 0.1) is 13.8 Å². The molecule has 0 radical (unpaired) electrons. The lowest BCUT2D eigenvalue weighted by Gasteiger charge is -1.97. The zero-order valence-corrected chi connectivity index (χ0v) is 8.80. The lowest BCUT2D eigenvalue weighted by Crippen LogP contribution is -1.80. The van der Waals surface area contributed by atoms with Crippen molar-refractivity contribution in [3.63, 3.8) is 0 Å². The second-order valence-corrected chi connectivity index (χ2v) is 3.58. The third kappa shape index (κ3) is 1.66. The quantitative estimate of drug-likeness (QED) is 0.714. The van der Waals surface area contributed by atoms with Crippen LogP contribution in [-0.4, -0.2) is 4.98 Å². The normalized spacial score (nSPS) is 10.5. The number of nitrogens with zero attached hydrogens (tertiary/aromatic N) is 1. The van der Waals surface area contributed by atoms with Gasteiger partial charge < -0.3 is 4.42 Å². The molecule has 1 heterocycles. The van der Waals surface area contributed by atoms with E-state index in [0.717, 1.165) is 17.0 Å². The topological polar surface area (TPSA) is 26.0 Å². The number of benzene rings is 1. The van der Waals surface area contributed by atoms with Gasteiger partial charge >= 0.3 is 0 Å².